The predicted octanol–water partition coefficient (Wildman–Crippen LogP) is 3.65. The molecule has 0 saturated heterocycles. The lowest BCUT2D eigenvalue weighted by molar-refractivity contribution is -0.111. The van der Waals surface area contributed by atoms with Gasteiger partial charge in [0.05, 0.1) is 28.5 Å². The summed E-state index contributed by atoms with van der Waals surface area (Å²) in [6.45, 7) is 7.02. The molecule has 10 heteroatoms. The van der Waals surface area contributed by atoms with E-state index in [1.807, 2.05) is 19.9 Å². The summed E-state index contributed by atoms with van der Waals surface area (Å²) in [6, 6.07) is 9.15. The molecular weight excluding hydrogens is 504 g/mol. The molecule has 0 radical (unpaired) electrons. The number of rotatable bonds is 10. The zero-order valence-electron chi connectivity index (χ0n) is 22.1. The number of fused-ring (bicyclic) bond motifs is 1. The molecule has 9 nitrogen and oxygen atoms in total. The Morgan fingerprint density at radius 2 is 2.08 bits per heavy atom. The fourth-order valence-electron chi connectivity index (χ4n) is 4.50. The second-order valence-corrected chi connectivity index (χ2v) is 9.69. The first-order valence-corrected chi connectivity index (χ1v) is 12.9. The van der Waals surface area contributed by atoms with Gasteiger partial charge in [0.15, 0.2) is 11.6 Å². The van der Waals surface area contributed by atoms with Gasteiger partial charge in [-0.25, -0.2) is 9.97 Å². The summed E-state index contributed by atoms with van der Waals surface area (Å²) >= 11 is 6.63. The zero-order valence-corrected chi connectivity index (χ0v) is 22.8. The third-order valence-electron chi connectivity index (χ3n) is 6.46. The molecule has 4 rings (SSSR count). The third kappa shape index (κ3) is 5.80. The first-order valence-electron chi connectivity index (χ1n) is 12.5. The van der Waals surface area contributed by atoms with Crippen LogP contribution in [0.25, 0.3) is 17.0 Å². The molecule has 0 fully saturated rings. The van der Waals surface area contributed by atoms with Crippen molar-refractivity contribution in [2.45, 2.75) is 46.4 Å². The van der Waals surface area contributed by atoms with Crippen LogP contribution >= 0.6 is 11.6 Å². The maximum absolute atomic E-state index is 12.8. The third-order valence-corrected chi connectivity index (χ3v) is 6.79. The molecule has 38 heavy (non-hydrogen) atoms. The maximum atomic E-state index is 12.8. The number of hydrogen-bond acceptors (Lipinski definition) is 9. The van der Waals surface area contributed by atoms with Crippen molar-refractivity contribution in [1.29, 1.82) is 0 Å². The second-order valence-electron chi connectivity index (χ2n) is 9.28. The van der Waals surface area contributed by atoms with E-state index in [4.69, 9.17) is 32.0 Å². The van der Waals surface area contributed by atoms with Crippen molar-refractivity contribution in [3.05, 3.63) is 69.8 Å². The van der Waals surface area contributed by atoms with E-state index in [9.17, 15) is 9.90 Å². The van der Waals surface area contributed by atoms with Crippen molar-refractivity contribution in [2.24, 2.45) is 5.73 Å². The van der Waals surface area contributed by atoms with Crippen LogP contribution in [-0.4, -0.2) is 52.1 Å². The van der Waals surface area contributed by atoms with Gasteiger partial charge in [-0.1, -0.05) is 24.6 Å². The Balaban J connectivity index is 1.84. The minimum absolute atomic E-state index is 0.108. The van der Waals surface area contributed by atoms with Crippen LogP contribution in [0.3, 0.4) is 0 Å². The highest BCUT2D eigenvalue weighted by Gasteiger charge is 2.27. The standard InChI is InChI=1S/C28H33ClN6O3/c1-5-23(30)25(17(3)36)26-16(2)28(35-13-18-7-6-10-32-24(18)14-35)34-27(33-26)21-11-20(8-9-22(21)29)38-15-19(37)12-31-4/h6-11,19,31,37H,5,12-15,30H2,1-4H3/t19-/m1/s1. The first kappa shape index (κ1) is 27.5. The molecule has 0 aliphatic carbocycles. The Kier molecular flexibility index (Phi) is 8.61. The number of aliphatic hydroxyl groups is 1. The molecule has 4 N–H and O–H groups in total. The number of ether oxygens (including phenoxy) is 1. The molecule has 0 bridgehead atoms. The normalized spacial score (nSPS) is 14.2. The number of nitrogens with two attached hydrogens (primary N) is 1. The van der Waals surface area contributed by atoms with E-state index in [2.05, 4.69) is 21.3 Å². The van der Waals surface area contributed by atoms with Gasteiger partial charge in [0, 0.05) is 36.1 Å². The lowest BCUT2D eigenvalue weighted by Crippen LogP contribution is -2.29. The molecule has 1 aromatic carbocycles. The molecule has 0 amide bonds. The van der Waals surface area contributed by atoms with Gasteiger partial charge in [-0.05, 0) is 57.1 Å². The van der Waals surface area contributed by atoms with Crippen LogP contribution in [0.2, 0.25) is 5.02 Å². The fraction of sp³-hybridized carbons (Fsp3) is 0.357. The topological polar surface area (TPSA) is 126 Å². The Hall–Kier alpha value is -3.53. The van der Waals surface area contributed by atoms with Crippen LogP contribution in [-0.2, 0) is 17.9 Å². The number of allylic oxidation sites excluding steroid dienone is 2. The number of halogens is 1. The minimum atomic E-state index is -0.668. The van der Waals surface area contributed by atoms with Gasteiger partial charge in [0.2, 0.25) is 0 Å². The fourth-order valence-corrected chi connectivity index (χ4v) is 4.70. The molecule has 1 atom stereocenters. The van der Waals surface area contributed by atoms with Crippen LogP contribution in [0.1, 0.15) is 42.8 Å². The van der Waals surface area contributed by atoms with Gasteiger partial charge in [0.1, 0.15) is 24.3 Å². The number of nitrogens with one attached hydrogen (secondary N) is 1. The Morgan fingerprint density at radius 1 is 1.29 bits per heavy atom. The average molecular weight is 537 g/mol. The molecule has 1 aliphatic heterocycles. The highest BCUT2D eigenvalue weighted by Crippen LogP contribution is 2.36. The number of likely N-dealkylation sites (N-methyl/N-ethyl adjacent to an activating group) is 1. The van der Waals surface area contributed by atoms with E-state index in [1.54, 1.807) is 31.4 Å². The van der Waals surface area contributed by atoms with Crippen molar-refractivity contribution < 1.29 is 14.6 Å². The van der Waals surface area contributed by atoms with Crippen molar-refractivity contribution in [2.75, 3.05) is 25.1 Å². The Morgan fingerprint density at radius 3 is 2.76 bits per heavy atom. The smallest absolute Gasteiger partial charge is 0.163 e. The molecule has 3 aromatic rings. The van der Waals surface area contributed by atoms with E-state index in [1.165, 1.54) is 6.92 Å². The number of carbonyl (C=O) groups is 1. The number of benzene rings is 1. The summed E-state index contributed by atoms with van der Waals surface area (Å²) in [4.78, 5) is 29.2. The Bertz CT molecular complexity index is 1350. The molecule has 0 unspecified atom stereocenters. The van der Waals surface area contributed by atoms with Crippen molar-refractivity contribution >= 4 is 28.8 Å². The van der Waals surface area contributed by atoms with Gasteiger partial charge in [0.25, 0.3) is 0 Å². The number of carbonyl (C=O) groups excluding carboxylic acids is 1. The van der Waals surface area contributed by atoms with Crippen LogP contribution in [0, 0.1) is 6.92 Å². The molecule has 1 aliphatic rings. The summed E-state index contributed by atoms with van der Waals surface area (Å²) in [5.74, 6) is 1.37. The summed E-state index contributed by atoms with van der Waals surface area (Å²) in [6.07, 6.45) is 1.61. The number of ketones is 1. The minimum Gasteiger partial charge on any atom is -0.491 e. The lowest BCUT2D eigenvalue weighted by Gasteiger charge is -2.22. The second kappa shape index (κ2) is 11.9. The maximum Gasteiger partial charge on any atom is 0.163 e. The van der Waals surface area contributed by atoms with E-state index < -0.39 is 6.10 Å². The van der Waals surface area contributed by atoms with Crippen LogP contribution in [0.5, 0.6) is 5.75 Å². The monoisotopic (exact) mass is 536 g/mol. The van der Waals surface area contributed by atoms with Gasteiger partial charge in [-0.15, -0.1) is 0 Å². The molecule has 3 heterocycles. The van der Waals surface area contributed by atoms with E-state index >= 15 is 0 Å². The average Bonchev–Trinajstić information content (AvgIpc) is 3.33. The van der Waals surface area contributed by atoms with Gasteiger partial charge in [-0.3, -0.25) is 9.78 Å². The van der Waals surface area contributed by atoms with Gasteiger partial charge < -0.3 is 25.8 Å². The van der Waals surface area contributed by atoms with Crippen molar-refractivity contribution in [3.63, 3.8) is 0 Å². The highest BCUT2D eigenvalue weighted by molar-refractivity contribution is 6.33. The van der Waals surface area contributed by atoms with Gasteiger partial charge >= 0.3 is 0 Å². The molecule has 0 spiro atoms. The zero-order chi connectivity index (χ0) is 27.4. The predicted molar refractivity (Wildman–Crippen MR) is 149 cm³/mol. The summed E-state index contributed by atoms with van der Waals surface area (Å²) in [5, 5.41) is 13.4. The summed E-state index contributed by atoms with van der Waals surface area (Å²) in [7, 11) is 1.76. The highest BCUT2D eigenvalue weighted by atomic mass is 35.5. The summed E-state index contributed by atoms with van der Waals surface area (Å²) < 4.78 is 5.80. The number of aromatic nitrogens is 3. The molecule has 200 valence electrons. The lowest BCUT2D eigenvalue weighted by atomic mass is 10.00. The van der Waals surface area contributed by atoms with E-state index in [-0.39, 0.29) is 12.4 Å². The van der Waals surface area contributed by atoms with E-state index in [0.29, 0.717) is 71.0 Å². The Labute approximate surface area is 227 Å². The number of pyridine rings is 1. The van der Waals surface area contributed by atoms with Crippen molar-refractivity contribution in [1.82, 2.24) is 20.3 Å². The molecule has 2 aromatic heterocycles. The number of hydrogen-bond donors (Lipinski definition) is 3. The number of nitrogens with zero attached hydrogens (tertiary/aromatic N) is 4. The quantitative estimate of drug-likeness (QED) is 0.333. The van der Waals surface area contributed by atoms with Gasteiger partial charge in [-0.2, -0.15) is 0 Å². The number of anilines is 1. The number of aliphatic hydroxyl groups excluding tert-OH is 1. The SMILES string of the molecule is CCC(N)=C(C(C)=O)c1nc(-c2cc(OC[C@H](O)CNC)ccc2Cl)nc(N2Cc3cccnc3C2)c1C. The van der Waals surface area contributed by atoms with Crippen LogP contribution < -0.4 is 20.7 Å². The molecule has 0 saturated carbocycles. The molecular formula is C28H33ClN6O3. The van der Waals surface area contributed by atoms with E-state index in [0.717, 1.165) is 16.8 Å². The first-order chi connectivity index (χ1) is 18.2. The number of Topliss-reactive ketones (excluding diaryl/α,β-unsaturated/α-hetero) is 1. The largest absolute Gasteiger partial charge is 0.491 e. The van der Waals surface area contributed by atoms with Crippen molar-refractivity contribution in [3.8, 4) is 17.1 Å². The van der Waals surface area contributed by atoms with Crippen LogP contribution in [0.4, 0.5) is 5.82 Å². The van der Waals surface area contributed by atoms with Crippen LogP contribution in [0.15, 0.2) is 42.2 Å². The summed E-state index contributed by atoms with van der Waals surface area (Å²) in [5.41, 5.74) is 11.0.